The molecule has 2 aliphatic rings. The minimum absolute atomic E-state index is 0.0466. The summed E-state index contributed by atoms with van der Waals surface area (Å²) in [5.41, 5.74) is 1.12. The smallest absolute Gasteiger partial charge is 0.360 e. The van der Waals surface area contributed by atoms with Gasteiger partial charge in [0.15, 0.2) is 0 Å². The minimum Gasteiger partial charge on any atom is -0.508 e. The summed E-state index contributed by atoms with van der Waals surface area (Å²) in [6.45, 7) is 4.29. The van der Waals surface area contributed by atoms with Crippen LogP contribution < -0.4 is 10.5 Å². The van der Waals surface area contributed by atoms with Crippen molar-refractivity contribution in [2.75, 3.05) is 24.5 Å². The van der Waals surface area contributed by atoms with Gasteiger partial charge in [-0.25, -0.2) is 4.79 Å². The Morgan fingerprint density at radius 3 is 2.72 bits per heavy atom. The molecule has 6 heteroatoms. The second-order valence-corrected chi connectivity index (χ2v) is 6.91. The molecular formula is C19H22N2O4. The summed E-state index contributed by atoms with van der Waals surface area (Å²) in [5, 5.41) is 10.5. The zero-order chi connectivity index (χ0) is 17.6. The molecule has 3 heterocycles. The number of fused-ring (bicyclic) bond motifs is 3. The topological polar surface area (TPSA) is 74.0 Å². The van der Waals surface area contributed by atoms with Crippen molar-refractivity contribution in [3.63, 3.8) is 0 Å². The van der Waals surface area contributed by atoms with Gasteiger partial charge < -0.3 is 14.4 Å². The zero-order valence-corrected chi connectivity index (χ0v) is 14.3. The van der Waals surface area contributed by atoms with Gasteiger partial charge in [0.1, 0.15) is 17.0 Å². The molecule has 1 saturated heterocycles. The number of aryl methyl sites for hydroxylation is 1. The molecule has 4 rings (SSSR count). The standard InChI is InChI=1S/C19H22N2O4/c1-12(20-8-2-3-9-20)18(23)21-10-4-5-14-15-11-13(22)6-7-16(15)25-19(24)17(14)21/h6-7,11-12,22H,2-5,8-10H2,1H3. The Bertz CT molecular complexity index is 883. The van der Waals surface area contributed by atoms with Crippen LogP contribution in [0.15, 0.2) is 27.4 Å². The monoisotopic (exact) mass is 342 g/mol. The van der Waals surface area contributed by atoms with Crippen LogP contribution in [0, 0.1) is 0 Å². The highest BCUT2D eigenvalue weighted by Crippen LogP contribution is 2.33. The molecule has 1 aromatic heterocycles. The maximum absolute atomic E-state index is 13.1. The fourth-order valence-electron chi connectivity index (χ4n) is 4.02. The highest BCUT2D eigenvalue weighted by Gasteiger charge is 2.33. The van der Waals surface area contributed by atoms with Gasteiger partial charge in [-0.05, 0) is 69.5 Å². The molecule has 0 saturated carbocycles. The molecule has 1 amide bonds. The summed E-state index contributed by atoms with van der Waals surface area (Å²) < 4.78 is 5.43. The fraction of sp³-hybridized carbons (Fsp3) is 0.474. The van der Waals surface area contributed by atoms with E-state index in [0.717, 1.165) is 37.9 Å². The lowest BCUT2D eigenvalue weighted by atomic mass is 9.98. The summed E-state index contributed by atoms with van der Waals surface area (Å²) in [5.74, 6) is 0.0760. The van der Waals surface area contributed by atoms with Crippen LogP contribution in [0.25, 0.3) is 11.0 Å². The van der Waals surface area contributed by atoms with Crippen molar-refractivity contribution in [2.24, 2.45) is 0 Å². The lowest BCUT2D eigenvalue weighted by molar-refractivity contribution is -0.123. The van der Waals surface area contributed by atoms with Crippen molar-refractivity contribution in [1.29, 1.82) is 0 Å². The molecule has 0 spiro atoms. The molecule has 6 nitrogen and oxygen atoms in total. The Kier molecular flexibility index (Phi) is 4.00. The molecule has 0 aliphatic carbocycles. The highest BCUT2D eigenvalue weighted by molar-refractivity contribution is 6.00. The Morgan fingerprint density at radius 1 is 1.20 bits per heavy atom. The van der Waals surface area contributed by atoms with E-state index in [9.17, 15) is 14.7 Å². The van der Waals surface area contributed by atoms with Crippen LogP contribution in [0.4, 0.5) is 5.69 Å². The second kappa shape index (κ2) is 6.19. The minimum atomic E-state index is -0.477. The number of phenols is 1. The maximum Gasteiger partial charge on any atom is 0.360 e. The number of hydrogen-bond acceptors (Lipinski definition) is 5. The molecule has 1 aromatic carbocycles. The van der Waals surface area contributed by atoms with Gasteiger partial charge in [-0.15, -0.1) is 0 Å². The van der Waals surface area contributed by atoms with Crippen molar-refractivity contribution >= 4 is 22.6 Å². The van der Waals surface area contributed by atoms with E-state index >= 15 is 0 Å². The number of nitrogens with zero attached hydrogens (tertiary/aromatic N) is 2. The van der Waals surface area contributed by atoms with E-state index in [1.165, 1.54) is 6.07 Å². The van der Waals surface area contributed by atoms with Crippen molar-refractivity contribution in [3.8, 4) is 5.75 Å². The Hall–Kier alpha value is -2.34. The van der Waals surface area contributed by atoms with Crippen LogP contribution in [-0.2, 0) is 11.2 Å². The zero-order valence-electron chi connectivity index (χ0n) is 14.3. The number of aromatic hydroxyl groups is 1. The number of rotatable bonds is 2. The normalized spacial score (nSPS) is 19.2. The van der Waals surface area contributed by atoms with Gasteiger partial charge in [-0.2, -0.15) is 0 Å². The molecule has 1 fully saturated rings. The van der Waals surface area contributed by atoms with Gasteiger partial charge in [0, 0.05) is 11.9 Å². The number of carbonyl (C=O) groups excluding carboxylic acids is 1. The van der Waals surface area contributed by atoms with E-state index in [2.05, 4.69) is 4.90 Å². The molecule has 1 N–H and O–H groups in total. The van der Waals surface area contributed by atoms with Gasteiger partial charge in [-0.3, -0.25) is 9.69 Å². The Labute approximate surface area is 145 Å². The van der Waals surface area contributed by atoms with Gasteiger partial charge in [0.05, 0.1) is 6.04 Å². The number of benzene rings is 1. The van der Waals surface area contributed by atoms with Crippen LogP contribution in [0.3, 0.4) is 0 Å². The lowest BCUT2D eigenvalue weighted by Crippen LogP contribution is -2.49. The quantitative estimate of drug-likeness (QED) is 0.848. The molecule has 1 atom stereocenters. The van der Waals surface area contributed by atoms with Crippen LogP contribution in [-0.4, -0.2) is 41.6 Å². The molecule has 0 bridgehead atoms. The van der Waals surface area contributed by atoms with Crippen molar-refractivity contribution in [2.45, 2.75) is 38.6 Å². The van der Waals surface area contributed by atoms with Gasteiger partial charge in [0.25, 0.3) is 0 Å². The van der Waals surface area contributed by atoms with Crippen molar-refractivity contribution < 1.29 is 14.3 Å². The van der Waals surface area contributed by atoms with Gasteiger partial charge in [0.2, 0.25) is 5.91 Å². The van der Waals surface area contributed by atoms with Crippen molar-refractivity contribution in [1.82, 2.24) is 4.90 Å². The summed E-state index contributed by atoms with van der Waals surface area (Å²) in [4.78, 5) is 29.4. The highest BCUT2D eigenvalue weighted by atomic mass is 16.4. The van der Waals surface area contributed by atoms with Crippen LogP contribution in [0.1, 0.15) is 31.7 Å². The lowest BCUT2D eigenvalue weighted by Gasteiger charge is -2.33. The number of carbonyl (C=O) groups is 1. The average molecular weight is 342 g/mol. The number of likely N-dealkylation sites (tertiary alicyclic amines) is 1. The second-order valence-electron chi connectivity index (χ2n) is 6.91. The summed E-state index contributed by atoms with van der Waals surface area (Å²) in [6.07, 6.45) is 3.71. The van der Waals surface area contributed by atoms with Gasteiger partial charge >= 0.3 is 5.63 Å². The molecule has 25 heavy (non-hydrogen) atoms. The Morgan fingerprint density at radius 2 is 1.96 bits per heavy atom. The van der Waals surface area contributed by atoms with E-state index in [1.807, 2.05) is 6.92 Å². The largest absolute Gasteiger partial charge is 0.508 e. The van der Waals surface area contributed by atoms with Crippen LogP contribution >= 0.6 is 0 Å². The fourth-order valence-corrected chi connectivity index (χ4v) is 4.02. The summed E-state index contributed by atoms with van der Waals surface area (Å²) in [7, 11) is 0. The summed E-state index contributed by atoms with van der Waals surface area (Å²) >= 11 is 0. The van der Waals surface area contributed by atoms with Crippen molar-refractivity contribution in [3.05, 3.63) is 34.2 Å². The first-order chi connectivity index (χ1) is 12.1. The molecule has 2 aromatic rings. The molecule has 1 unspecified atom stereocenters. The average Bonchev–Trinajstić information content (AvgIpc) is 3.15. The van der Waals surface area contributed by atoms with E-state index < -0.39 is 5.63 Å². The molecule has 2 aliphatic heterocycles. The Balaban J connectivity index is 1.79. The SMILES string of the molecule is CC(C(=O)N1CCCc2c1c(=O)oc1ccc(O)cc21)N1CCCC1. The first-order valence-electron chi connectivity index (χ1n) is 8.90. The van der Waals surface area contributed by atoms with E-state index in [1.54, 1.807) is 17.0 Å². The summed E-state index contributed by atoms with van der Waals surface area (Å²) in [6, 6.07) is 4.46. The molecular weight excluding hydrogens is 320 g/mol. The molecule has 132 valence electrons. The van der Waals surface area contributed by atoms with E-state index in [-0.39, 0.29) is 17.7 Å². The van der Waals surface area contributed by atoms with Gasteiger partial charge in [-0.1, -0.05) is 0 Å². The first kappa shape index (κ1) is 16.1. The van der Waals surface area contributed by atoms with E-state index in [4.69, 9.17) is 4.42 Å². The first-order valence-corrected chi connectivity index (χ1v) is 8.90. The number of hydrogen-bond donors (Lipinski definition) is 1. The number of amides is 1. The predicted octanol–water partition coefficient (Wildman–Crippen LogP) is 2.26. The van der Waals surface area contributed by atoms with Crippen LogP contribution in [0.2, 0.25) is 0 Å². The third-order valence-corrected chi connectivity index (χ3v) is 5.36. The number of phenolic OH excluding ortho intramolecular Hbond substituents is 1. The third kappa shape index (κ3) is 2.70. The maximum atomic E-state index is 13.1. The predicted molar refractivity (Wildman–Crippen MR) is 95.1 cm³/mol. The van der Waals surface area contributed by atoms with E-state index in [0.29, 0.717) is 29.6 Å². The molecule has 0 radical (unpaired) electrons. The third-order valence-electron chi connectivity index (χ3n) is 5.36. The number of anilines is 1. The van der Waals surface area contributed by atoms with Crippen LogP contribution in [0.5, 0.6) is 5.75 Å².